The van der Waals surface area contributed by atoms with E-state index in [2.05, 4.69) is 32.4 Å². The summed E-state index contributed by atoms with van der Waals surface area (Å²) in [6.07, 6.45) is 0. The van der Waals surface area contributed by atoms with Crippen LogP contribution < -0.4 is 19.7 Å². The number of rotatable bonds is 4. The molecule has 2 aromatic heterocycles. The van der Waals surface area contributed by atoms with E-state index in [0.717, 1.165) is 60.6 Å². The number of likely N-dealkylation sites (N-methyl/N-ethyl adjacent to an activating group) is 1. The maximum atomic E-state index is 5.75. The second-order valence-corrected chi connectivity index (χ2v) is 7.64. The summed E-state index contributed by atoms with van der Waals surface area (Å²) in [5.41, 5.74) is 1.87. The molecule has 9 heteroatoms. The van der Waals surface area contributed by atoms with Crippen molar-refractivity contribution in [1.29, 1.82) is 0 Å². The van der Waals surface area contributed by atoms with Gasteiger partial charge in [0.2, 0.25) is 0 Å². The van der Waals surface area contributed by atoms with Gasteiger partial charge >= 0.3 is 0 Å². The van der Waals surface area contributed by atoms with Crippen LogP contribution in [0.5, 0.6) is 11.5 Å². The lowest BCUT2D eigenvalue weighted by Crippen LogP contribution is -2.44. The van der Waals surface area contributed by atoms with E-state index in [1.807, 2.05) is 37.3 Å². The molecular formula is C21H25N7O2. The molecule has 2 aliphatic heterocycles. The number of aromatic amines is 1. The summed E-state index contributed by atoms with van der Waals surface area (Å²) in [7, 11) is 2.14. The number of aryl methyl sites for hydroxylation is 1. The van der Waals surface area contributed by atoms with Gasteiger partial charge in [-0.15, -0.1) is 0 Å². The second kappa shape index (κ2) is 7.83. The van der Waals surface area contributed by atoms with Crippen molar-refractivity contribution in [2.24, 2.45) is 0 Å². The number of fused-ring (bicyclic) bond motifs is 1. The number of ether oxygens (including phenoxy) is 2. The number of benzene rings is 1. The Kier molecular flexibility index (Phi) is 4.88. The van der Waals surface area contributed by atoms with Crippen molar-refractivity contribution in [2.45, 2.75) is 6.92 Å². The van der Waals surface area contributed by atoms with Gasteiger partial charge in [-0.05, 0) is 32.2 Å². The van der Waals surface area contributed by atoms with Gasteiger partial charge in [-0.25, -0.2) is 9.97 Å². The number of piperazine rings is 1. The molecule has 0 unspecified atom stereocenters. The molecule has 0 atom stereocenters. The molecule has 3 aromatic rings. The molecule has 1 saturated heterocycles. The predicted octanol–water partition coefficient (Wildman–Crippen LogP) is 2.44. The van der Waals surface area contributed by atoms with Gasteiger partial charge in [-0.3, -0.25) is 5.10 Å². The van der Waals surface area contributed by atoms with Gasteiger partial charge < -0.3 is 24.6 Å². The average molecular weight is 407 g/mol. The minimum atomic E-state index is 0.546. The third-order valence-corrected chi connectivity index (χ3v) is 5.30. The van der Waals surface area contributed by atoms with Crippen molar-refractivity contribution in [1.82, 2.24) is 25.1 Å². The van der Waals surface area contributed by atoms with E-state index >= 15 is 0 Å². The van der Waals surface area contributed by atoms with Crippen LogP contribution in [0.3, 0.4) is 0 Å². The monoisotopic (exact) mass is 407 g/mol. The Morgan fingerprint density at radius 3 is 2.50 bits per heavy atom. The first-order valence-corrected chi connectivity index (χ1v) is 10.2. The first-order chi connectivity index (χ1) is 14.6. The molecule has 4 heterocycles. The lowest BCUT2D eigenvalue weighted by Gasteiger charge is -2.33. The van der Waals surface area contributed by atoms with Crippen molar-refractivity contribution in [3.63, 3.8) is 0 Å². The van der Waals surface area contributed by atoms with E-state index in [4.69, 9.17) is 19.4 Å². The summed E-state index contributed by atoms with van der Waals surface area (Å²) in [5.74, 6) is 4.45. The Balaban J connectivity index is 1.52. The number of hydrogen-bond donors (Lipinski definition) is 2. The van der Waals surface area contributed by atoms with E-state index in [9.17, 15) is 0 Å². The van der Waals surface area contributed by atoms with Crippen LogP contribution in [0.15, 0.2) is 30.3 Å². The van der Waals surface area contributed by atoms with Gasteiger partial charge in [0.05, 0.1) is 0 Å². The van der Waals surface area contributed by atoms with Crippen LogP contribution in [0.25, 0.3) is 11.4 Å². The summed E-state index contributed by atoms with van der Waals surface area (Å²) < 4.78 is 11.4. The zero-order valence-corrected chi connectivity index (χ0v) is 17.2. The Bertz CT molecular complexity index is 1040. The molecule has 2 N–H and O–H groups in total. The van der Waals surface area contributed by atoms with E-state index < -0.39 is 0 Å². The van der Waals surface area contributed by atoms with E-state index in [1.165, 1.54) is 0 Å². The molecular weight excluding hydrogens is 382 g/mol. The van der Waals surface area contributed by atoms with Crippen LogP contribution in [0.4, 0.5) is 17.5 Å². The normalized spacial score (nSPS) is 16.5. The second-order valence-electron chi connectivity index (χ2n) is 7.64. The molecule has 0 spiro atoms. The first kappa shape index (κ1) is 18.7. The molecule has 30 heavy (non-hydrogen) atoms. The van der Waals surface area contributed by atoms with Crippen LogP contribution in [0.1, 0.15) is 5.69 Å². The van der Waals surface area contributed by atoms with E-state index in [0.29, 0.717) is 24.9 Å². The van der Waals surface area contributed by atoms with Crippen molar-refractivity contribution < 1.29 is 9.47 Å². The minimum absolute atomic E-state index is 0.546. The third kappa shape index (κ3) is 3.88. The molecule has 2 aliphatic rings. The van der Waals surface area contributed by atoms with Crippen molar-refractivity contribution >= 4 is 17.5 Å². The molecule has 156 valence electrons. The highest BCUT2D eigenvalue weighted by molar-refractivity contribution is 5.67. The van der Waals surface area contributed by atoms with Crippen LogP contribution in [-0.4, -0.2) is 71.5 Å². The quantitative estimate of drug-likeness (QED) is 0.682. The molecule has 1 fully saturated rings. The number of aromatic nitrogens is 4. The molecule has 0 amide bonds. The van der Waals surface area contributed by atoms with Gasteiger partial charge in [0.25, 0.3) is 0 Å². The van der Waals surface area contributed by atoms with E-state index in [1.54, 1.807) is 0 Å². The largest absolute Gasteiger partial charge is 0.486 e. The Hall–Kier alpha value is -3.33. The zero-order valence-electron chi connectivity index (χ0n) is 17.2. The van der Waals surface area contributed by atoms with Crippen LogP contribution in [0.2, 0.25) is 0 Å². The van der Waals surface area contributed by atoms with Gasteiger partial charge in [0.1, 0.15) is 24.8 Å². The maximum Gasteiger partial charge on any atom is 0.164 e. The number of H-pyrrole nitrogens is 1. The maximum absolute atomic E-state index is 5.75. The summed E-state index contributed by atoms with van der Waals surface area (Å²) >= 11 is 0. The number of hydrogen-bond acceptors (Lipinski definition) is 8. The first-order valence-electron chi connectivity index (χ1n) is 10.2. The summed E-state index contributed by atoms with van der Waals surface area (Å²) in [6.45, 7) is 6.94. The number of anilines is 3. The summed E-state index contributed by atoms with van der Waals surface area (Å²) in [5, 5.41) is 10.5. The molecule has 0 bridgehead atoms. The summed E-state index contributed by atoms with van der Waals surface area (Å²) in [4.78, 5) is 14.3. The van der Waals surface area contributed by atoms with Crippen molar-refractivity contribution in [3.05, 3.63) is 36.0 Å². The predicted molar refractivity (Wildman–Crippen MR) is 115 cm³/mol. The highest BCUT2D eigenvalue weighted by Crippen LogP contribution is 2.34. The van der Waals surface area contributed by atoms with Gasteiger partial charge in [0.15, 0.2) is 23.1 Å². The highest BCUT2D eigenvalue weighted by Gasteiger charge is 2.19. The standard InChI is InChI=1S/C21H25N7O2/c1-14-11-19(26-25-14)22-18-13-20(28-7-5-27(2)6-8-28)24-21(23-18)15-3-4-16-17(12-15)30-10-9-29-16/h3-4,11-13H,5-10H2,1-2H3,(H2,22,23,24,25,26). The topological polar surface area (TPSA) is 91.4 Å². The average Bonchev–Trinajstić information content (AvgIpc) is 3.18. The molecule has 0 saturated carbocycles. The molecule has 5 rings (SSSR count). The van der Waals surface area contributed by atoms with Crippen LogP contribution in [0, 0.1) is 6.92 Å². The summed E-state index contributed by atoms with van der Waals surface area (Å²) in [6, 6.07) is 9.76. The highest BCUT2D eigenvalue weighted by atomic mass is 16.6. The van der Waals surface area contributed by atoms with Crippen LogP contribution >= 0.6 is 0 Å². The van der Waals surface area contributed by atoms with Gasteiger partial charge in [-0.2, -0.15) is 5.10 Å². The Morgan fingerprint density at radius 2 is 1.73 bits per heavy atom. The Morgan fingerprint density at radius 1 is 0.933 bits per heavy atom. The fourth-order valence-corrected chi connectivity index (χ4v) is 3.62. The number of nitrogens with zero attached hydrogens (tertiary/aromatic N) is 5. The van der Waals surface area contributed by atoms with Crippen molar-refractivity contribution in [3.8, 4) is 22.9 Å². The SMILES string of the molecule is Cc1cc(Nc2cc(N3CCN(C)CC3)nc(-c3ccc4c(c3)OCCO4)n2)n[nH]1. The lowest BCUT2D eigenvalue weighted by molar-refractivity contribution is 0.171. The fourth-order valence-electron chi connectivity index (χ4n) is 3.62. The lowest BCUT2D eigenvalue weighted by atomic mass is 10.1. The zero-order chi connectivity index (χ0) is 20.5. The molecule has 9 nitrogen and oxygen atoms in total. The number of nitrogens with one attached hydrogen (secondary N) is 2. The van der Waals surface area contributed by atoms with Gasteiger partial charge in [0, 0.05) is 49.6 Å². The van der Waals surface area contributed by atoms with Gasteiger partial charge in [-0.1, -0.05) is 0 Å². The smallest absolute Gasteiger partial charge is 0.164 e. The fraction of sp³-hybridized carbons (Fsp3) is 0.381. The van der Waals surface area contributed by atoms with Crippen molar-refractivity contribution in [2.75, 3.05) is 56.7 Å². The van der Waals surface area contributed by atoms with E-state index in [-0.39, 0.29) is 0 Å². The molecule has 0 radical (unpaired) electrons. The minimum Gasteiger partial charge on any atom is -0.486 e. The van der Waals surface area contributed by atoms with Crippen LogP contribution in [-0.2, 0) is 0 Å². The molecule has 1 aromatic carbocycles. The molecule has 0 aliphatic carbocycles. The Labute approximate surface area is 175 Å². The third-order valence-electron chi connectivity index (χ3n) is 5.30.